The average Bonchev–Trinajstić information content (AvgIpc) is 2.97. The lowest BCUT2D eigenvalue weighted by molar-refractivity contribution is -0.282. The molecule has 1 atom stereocenters. The van der Waals surface area contributed by atoms with E-state index < -0.39 is 12.3 Å². The highest BCUT2D eigenvalue weighted by Crippen LogP contribution is 2.40. The molecule has 2 fully saturated rings. The van der Waals surface area contributed by atoms with Crippen LogP contribution in [0, 0.1) is 11.8 Å². The van der Waals surface area contributed by atoms with Crippen LogP contribution >= 0.6 is 0 Å². The molecule has 1 unspecified atom stereocenters. The fourth-order valence-corrected chi connectivity index (χ4v) is 6.47. The van der Waals surface area contributed by atoms with Crippen LogP contribution in [0.15, 0.2) is 72.8 Å². The van der Waals surface area contributed by atoms with Crippen LogP contribution in [0.2, 0.25) is 0 Å². The van der Waals surface area contributed by atoms with E-state index in [1.807, 2.05) is 43.3 Å². The quantitative estimate of drug-likeness (QED) is 0.259. The van der Waals surface area contributed by atoms with Gasteiger partial charge in [-0.15, -0.1) is 0 Å². The van der Waals surface area contributed by atoms with E-state index >= 15 is 0 Å². The summed E-state index contributed by atoms with van der Waals surface area (Å²) in [5, 5.41) is 0. The second kappa shape index (κ2) is 14.3. The fraction of sp³-hybridized carbons (Fsp3) is 0.543. The minimum absolute atomic E-state index is 0.0389. The summed E-state index contributed by atoms with van der Waals surface area (Å²) in [5.74, 6) is 2.38. The molecule has 4 heteroatoms. The number of alkyl halides is 3. The third-order valence-corrected chi connectivity index (χ3v) is 8.94. The number of rotatable bonds is 11. The molecular formula is C35H45F3O. The van der Waals surface area contributed by atoms with Crippen LogP contribution in [0.4, 0.5) is 13.2 Å². The largest absolute Gasteiger partial charge is 0.391 e. The minimum atomic E-state index is -3.89. The molecule has 4 rings (SSSR count). The van der Waals surface area contributed by atoms with Gasteiger partial charge in [0.1, 0.15) is 0 Å². The Morgan fingerprint density at radius 1 is 0.795 bits per heavy atom. The molecule has 0 radical (unpaired) electrons. The van der Waals surface area contributed by atoms with E-state index in [4.69, 9.17) is 4.74 Å². The number of ether oxygens (including phenoxy) is 1. The molecular weight excluding hydrogens is 493 g/mol. The summed E-state index contributed by atoms with van der Waals surface area (Å²) in [4.78, 5) is 0. The predicted molar refractivity (Wildman–Crippen MR) is 155 cm³/mol. The van der Waals surface area contributed by atoms with E-state index in [0.29, 0.717) is 23.3 Å². The first-order valence-electron chi connectivity index (χ1n) is 15.0. The van der Waals surface area contributed by atoms with Gasteiger partial charge in [0.2, 0.25) is 6.17 Å². The van der Waals surface area contributed by atoms with E-state index in [1.165, 1.54) is 49.8 Å². The Morgan fingerprint density at radius 3 is 1.92 bits per heavy atom. The zero-order valence-electron chi connectivity index (χ0n) is 23.6. The smallest absolute Gasteiger partial charge is 0.313 e. The molecule has 0 bridgehead atoms. The first-order valence-corrected chi connectivity index (χ1v) is 15.0. The fourth-order valence-electron chi connectivity index (χ4n) is 6.47. The Labute approximate surface area is 233 Å². The monoisotopic (exact) mass is 538 g/mol. The highest BCUT2D eigenvalue weighted by molar-refractivity contribution is 5.28. The van der Waals surface area contributed by atoms with Crippen molar-refractivity contribution in [2.45, 2.75) is 109 Å². The van der Waals surface area contributed by atoms with Gasteiger partial charge in [-0.25, -0.2) is 4.39 Å². The summed E-state index contributed by atoms with van der Waals surface area (Å²) in [5.41, 5.74) is 2.96. The predicted octanol–water partition coefficient (Wildman–Crippen LogP) is 11.0. The van der Waals surface area contributed by atoms with E-state index in [2.05, 4.69) is 31.2 Å². The topological polar surface area (TPSA) is 9.23 Å². The molecule has 0 amide bonds. The highest BCUT2D eigenvalue weighted by Gasteiger charge is 2.43. The Kier molecular flexibility index (Phi) is 10.9. The molecule has 2 aliphatic rings. The molecule has 0 aromatic heterocycles. The molecule has 0 spiro atoms. The van der Waals surface area contributed by atoms with Crippen LogP contribution in [-0.4, -0.2) is 6.11 Å². The lowest BCUT2D eigenvalue weighted by Crippen LogP contribution is -2.27. The summed E-state index contributed by atoms with van der Waals surface area (Å²) in [6.45, 7) is 3.80. The van der Waals surface area contributed by atoms with E-state index in [0.717, 1.165) is 43.6 Å². The molecule has 0 aliphatic heterocycles. The number of hydrogen-bond acceptors (Lipinski definition) is 1. The molecule has 212 valence electrons. The lowest BCUT2D eigenvalue weighted by Gasteiger charge is -2.28. The van der Waals surface area contributed by atoms with Crippen molar-refractivity contribution in [2.75, 3.05) is 0 Å². The zero-order chi connectivity index (χ0) is 27.7. The first-order chi connectivity index (χ1) is 18.9. The van der Waals surface area contributed by atoms with Gasteiger partial charge >= 0.3 is 6.11 Å². The van der Waals surface area contributed by atoms with Crippen LogP contribution in [0.3, 0.4) is 0 Å². The Hall–Kier alpha value is -2.33. The minimum Gasteiger partial charge on any atom is -0.313 e. The van der Waals surface area contributed by atoms with Crippen LogP contribution in [0.5, 0.6) is 0 Å². The van der Waals surface area contributed by atoms with Gasteiger partial charge in [0, 0.05) is 0 Å². The van der Waals surface area contributed by atoms with Gasteiger partial charge in [-0.1, -0.05) is 72.8 Å². The van der Waals surface area contributed by atoms with Crippen LogP contribution in [-0.2, 0) is 11.3 Å². The van der Waals surface area contributed by atoms with Crippen molar-refractivity contribution < 1.29 is 17.9 Å². The molecule has 39 heavy (non-hydrogen) atoms. The molecule has 0 heterocycles. The molecule has 2 aliphatic carbocycles. The van der Waals surface area contributed by atoms with Crippen molar-refractivity contribution in [1.29, 1.82) is 0 Å². The van der Waals surface area contributed by atoms with Crippen molar-refractivity contribution in [3.63, 3.8) is 0 Å². The van der Waals surface area contributed by atoms with Crippen molar-refractivity contribution in [2.24, 2.45) is 11.8 Å². The molecule has 0 N–H and O–H groups in total. The number of halogens is 3. The van der Waals surface area contributed by atoms with Gasteiger partial charge in [0.15, 0.2) is 0 Å². The third-order valence-electron chi connectivity index (χ3n) is 8.94. The molecule has 1 nitrogen and oxygen atoms in total. The lowest BCUT2D eigenvalue weighted by atomic mass is 9.77. The van der Waals surface area contributed by atoms with Crippen molar-refractivity contribution in [3.8, 4) is 0 Å². The molecule has 2 saturated carbocycles. The van der Waals surface area contributed by atoms with Crippen molar-refractivity contribution in [1.82, 2.24) is 0 Å². The highest BCUT2D eigenvalue weighted by atomic mass is 19.3. The number of allylic oxidation sites excluding steroid dienone is 4. The summed E-state index contributed by atoms with van der Waals surface area (Å²) in [7, 11) is 0. The summed E-state index contributed by atoms with van der Waals surface area (Å²) >= 11 is 0. The standard InChI is InChI=1S/C35H45F3O/c1-3-5-6-8-27-11-17-29(18-12-27)31-19-13-28(14-20-31)25-39-35(37,38)34(36)33-23-21-32(22-24-33)30-15-9-26(7-4-2)10-16-30/h3-5,7,13-14,19-24,26-27,29-30,34H,6,8-12,15-18,25H2,1-2H3. The molecule has 2 aromatic rings. The van der Waals surface area contributed by atoms with Crippen LogP contribution in [0.1, 0.15) is 118 Å². The second-order valence-corrected chi connectivity index (χ2v) is 11.6. The van der Waals surface area contributed by atoms with E-state index in [9.17, 15) is 13.2 Å². The maximum atomic E-state index is 14.9. The number of hydrogen-bond donors (Lipinski definition) is 0. The van der Waals surface area contributed by atoms with E-state index in [-0.39, 0.29) is 12.2 Å². The van der Waals surface area contributed by atoms with Gasteiger partial charge in [-0.05, 0) is 124 Å². The Bertz CT molecular complexity index is 1040. The Morgan fingerprint density at radius 2 is 1.36 bits per heavy atom. The maximum absolute atomic E-state index is 14.9. The van der Waals surface area contributed by atoms with Gasteiger partial charge in [0.25, 0.3) is 0 Å². The van der Waals surface area contributed by atoms with Crippen molar-refractivity contribution in [3.05, 3.63) is 95.1 Å². The molecule has 0 saturated heterocycles. The Balaban J connectivity index is 1.25. The summed E-state index contributed by atoms with van der Waals surface area (Å²) in [6.07, 6.45) is 14.0. The summed E-state index contributed by atoms with van der Waals surface area (Å²) < 4.78 is 49.1. The normalized spacial score (nSPS) is 25.4. The third kappa shape index (κ3) is 8.33. The molecule has 2 aromatic carbocycles. The zero-order valence-corrected chi connectivity index (χ0v) is 23.6. The summed E-state index contributed by atoms with van der Waals surface area (Å²) in [6, 6.07) is 14.4. The maximum Gasteiger partial charge on any atom is 0.391 e. The van der Waals surface area contributed by atoms with Crippen LogP contribution < -0.4 is 0 Å². The van der Waals surface area contributed by atoms with Crippen LogP contribution in [0.25, 0.3) is 0 Å². The van der Waals surface area contributed by atoms with Gasteiger partial charge in [-0.3, -0.25) is 0 Å². The van der Waals surface area contributed by atoms with Crippen molar-refractivity contribution >= 4 is 0 Å². The van der Waals surface area contributed by atoms with Gasteiger partial charge in [0.05, 0.1) is 6.61 Å². The van der Waals surface area contributed by atoms with Gasteiger partial charge < -0.3 is 4.74 Å². The van der Waals surface area contributed by atoms with E-state index in [1.54, 1.807) is 0 Å². The van der Waals surface area contributed by atoms with Gasteiger partial charge in [-0.2, -0.15) is 8.78 Å². The SMILES string of the molecule is CC=CCCC1CCC(c2ccc(COC(F)(F)C(F)c3ccc(C4CCC(C=CC)CC4)cc3)cc2)CC1. The number of benzene rings is 2. The first kappa shape index (κ1) is 29.6. The second-order valence-electron chi connectivity index (χ2n) is 11.6. The average molecular weight is 539 g/mol.